The molecule has 0 amide bonds. The van der Waals surface area contributed by atoms with Crippen molar-refractivity contribution in [2.75, 3.05) is 11.9 Å². The predicted octanol–water partition coefficient (Wildman–Crippen LogP) is 9.46. The lowest BCUT2D eigenvalue weighted by Gasteiger charge is -2.08. The molecule has 174 valence electrons. The molecule has 1 nitrogen and oxygen atoms in total. The number of nitrogens with one attached hydrogen (secondary N) is 1. The molecule has 0 saturated heterocycles. The predicted molar refractivity (Wildman–Crippen MR) is 124 cm³/mol. The van der Waals surface area contributed by atoms with Crippen molar-refractivity contribution < 1.29 is 13.2 Å². The number of aryl methyl sites for hydroxylation is 1. The van der Waals surface area contributed by atoms with E-state index in [1.54, 1.807) is 0 Å². The van der Waals surface area contributed by atoms with E-state index in [0.717, 1.165) is 45.1 Å². The van der Waals surface area contributed by atoms with E-state index in [9.17, 15) is 13.2 Å². The summed E-state index contributed by atoms with van der Waals surface area (Å²) in [5.41, 5.74) is 2.58. The van der Waals surface area contributed by atoms with Gasteiger partial charge in [-0.2, -0.15) is 13.2 Å². The van der Waals surface area contributed by atoms with Gasteiger partial charge in [-0.3, -0.25) is 0 Å². The molecule has 1 aromatic carbocycles. The normalized spacial score (nSPS) is 11.7. The quantitative estimate of drug-likeness (QED) is 0.217. The van der Waals surface area contributed by atoms with Gasteiger partial charge in [-0.25, -0.2) is 0 Å². The molecule has 0 spiro atoms. The molecule has 30 heavy (non-hydrogen) atoms. The number of rotatable bonds is 19. The van der Waals surface area contributed by atoms with Crippen molar-refractivity contribution in [3.05, 3.63) is 29.8 Å². The largest absolute Gasteiger partial charge is 0.389 e. The fraction of sp³-hybridized carbons (Fsp3) is 0.769. The van der Waals surface area contributed by atoms with E-state index < -0.39 is 12.6 Å². The second-order valence-electron chi connectivity index (χ2n) is 8.69. The second kappa shape index (κ2) is 17.5. The van der Waals surface area contributed by atoms with E-state index in [-0.39, 0.29) is 6.42 Å². The smallest absolute Gasteiger partial charge is 0.385 e. The summed E-state index contributed by atoms with van der Waals surface area (Å²) >= 11 is 0. The molecule has 1 rings (SSSR count). The highest BCUT2D eigenvalue weighted by molar-refractivity contribution is 5.44. The van der Waals surface area contributed by atoms with Crippen LogP contribution in [-0.4, -0.2) is 12.7 Å². The Morgan fingerprint density at radius 1 is 0.633 bits per heavy atom. The summed E-state index contributed by atoms with van der Waals surface area (Å²) in [7, 11) is 0. The molecule has 4 heteroatoms. The van der Waals surface area contributed by atoms with E-state index in [0.29, 0.717) is 6.42 Å². The topological polar surface area (TPSA) is 12.0 Å². The number of anilines is 1. The lowest BCUT2D eigenvalue weighted by atomic mass is 10.0. The molecule has 0 saturated carbocycles. The van der Waals surface area contributed by atoms with Crippen LogP contribution >= 0.6 is 0 Å². The summed E-state index contributed by atoms with van der Waals surface area (Å²) in [6.45, 7) is 3.31. The Balaban J connectivity index is 1.95. The first-order valence-corrected chi connectivity index (χ1v) is 12.4. The Kier molecular flexibility index (Phi) is 15.6. The van der Waals surface area contributed by atoms with Gasteiger partial charge in [0.15, 0.2) is 0 Å². The summed E-state index contributed by atoms with van der Waals surface area (Å²) in [4.78, 5) is 0. The molecule has 0 fully saturated rings. The van der Waals surface area contributed by atoms with Crippen LogP contribution in [0.15, 0.2) is 24.3 Å². The number of unbranched alkanes of at least 4 members (excludes halogenated alkanes) is 13. The van der Waals surface area contributed by atoms with Crippen molar-refractivity contribution >= 4 is 5.69 Å². The van der Waals surface area contributed by atoms with Crippen LogP contribution in [0.2, 0.25) is 0 Å². The molecule has 0 aromatic heterocycles. The van der Waals surface area contributed by atoms with Gasteiger partial charge < -0.3 is 5.32 Å². The first kappa shape index (κ1) is 26.8. The zero-order chi connectivity index (χ0) is 21.9. The molecule has 0 aliphatic rings. The maximum Gasteiger partial charge on any atom is 0.389 e. The van der Waals surface area contributed by atoms with Crippen LogP contribution in [0.4, 0.5) is 18.9 Å². The van der Waals surface area contributed by atoms with Crippen molar-refractivity contribution in [1.82, 2.24) is 0 Å². The monoisotopic (exact) mass is 427 g/mol. The SMILES string of the molecule is CCCCCCCCCCNc1ccc(CCCCCCCCCC(F)(F)F)cc1. The molecule has 0 radical (unpaired) electrons. The van der Waals surface area contributed by atoms with Gasteiger partial charge in [-0.05, 0) is 43.4 Å². The maximum absolute atomic E-state index is 12.1. The van der Waals surface area contributed by atoms with Crippen molar-refractivity contribution in [3.8, 4) is 0 Å². The Bertz CT molecular complexity index is 496. The van der Waals surface area contributed by atoms with E-state index >= 15 is 0 Å². The number of hydrogen-bond acceptors (Lipinski definition) is 1. The van der Waals surface area contributed by atoms with Crippen LogP contribution in [0.25, 0.3) is 0 Å². The summed E-state index contributed by atoms with van der Waals surface area (Å²) < 4.78 is 36.2. The summed E-state index contributed by atoms with van der Waals surface area (Å²) in [6, 6.07) is 8.79. The minimum absolute atomic E-state index is 0.281. The van der Waals surface area contributed by atoms with Gasteiger partial charge in [0.05, 0.1) is 0 Å². The molecule has 1 N–H and O–H groups in total. The van der Waals surface area contributed by atoms with Gasteiger partial charge in [-0.15, -0.1) is 0 Å². The Morgan fingerprint density at radius 3 is 1.70 bits per heavy atom. The van der Waals surface area contributed by atoms with Crippen LogP contribution in [0.3, 0.4) is 0 Å². The van der Waals surface area contributed by atoms with Gasteiger partial charge >= 0.3 is 6.18 Å². The second-order valence-corrected chi connectivity index (χ2v) is 8.69. The van der Waals surface area contributed by atoms with Gasteiger partial charge in [0.2, 0.25) is 0 Å². The molecular weight excluding hydrogens is 383 g/mol. The van der Waals surface area contributed by atoms with Gasteiger partial charge in [0, 0.05) is 18.7 Å². The standard InChI is InChI=1S/C26H44F3N/c1-2-3-4-5-6-10-13-16-23-30-25-20-18-24(19-21-25)17-14-11-8-7-9-12-15-22-26(27,28)29/h18-21,30H,2-17,22-23H2,1H3. The first-order valence-electron chi connectivity index (χ1n) is 12.4. The maximum atomic E-state index is 12.1. The molecule has 1 aromatic rings. The number of halogens is 3. The van der Waals surface area contributed by atoms with Crippen molar-refractivity contribution in [2.24, 2.45) is 0 Å². The van der Waals surface area contributed by atoms with E-state index in [1.807, 2.05) is 0 Å². The highest BCUT2D eigenvalue weighted by Gasteiger charge is 2.25. The third-order valence-electron chi connectivity index (χ3n) is 5.74. The van der Waals surface area contributed by atoms with Gasteiger partial charge in [0.25, 0.3) is 0 Å². The minimum Gasteiger partial charge on any atom is -0.385 e. The fourth-order valence-electron chi connectivity index (χ4n) is 3.82. The third kappa shape index (κ3) is 16.6. The van der Waals surface area contributed by atoms with Crippen molar-refractivity contribution in [2.45, 2.75) is 122 Å². The number of hydrogen-bond donors (Lipinski definition) is 1. The first-order chi connectivity index (χ1) is 14.5. The molecule has 0 atom stereocenters. The average Bonchev–Trinajstić information content (AvgIpc) is 2.71. The lowest BCUT2D eigenvalue weighted by Crippen LogP contribution is -2.06. The fourth-order valence-corrected chi connectivity index (χ4v) is 3.82. The van der Waals surface area contributed by atoms with Crippen LogP contribution in [-0.2, 0) is 6.42 Å². The Labute approximate surface area is 183 Å². The Morgan fingerprint density at radius 2 is 1.13 bits per heavy atom. The van der Waals surface area contributed by atoms with Crippen LogP contribution in [0, 0.1) is 0 Å². The van der Waals surface area contributed by atoms with Crippen molar-refractivity contribution in [1.29, 1.82) is 0 Å². The molecule has 0 heterocycles. The molecule has 0 bridgehead atoms. The summed E-state index contributed by atoms with van der Waals surface area (Å²) in [5.74, 6) is 0. The van der Waals surface area contributed by atoms with Crippen molar-refractivity contribution in [3.63, 3.8) is 0 Å². The Hall–Kier alpha value is -1.19. The molecule has 0 aliphatic carbocycles. The number of alkyl halides is 3. The zero-order valence-corrected chi connectivity index (χ0v) is 19.2. The highest BCUT2D eigenvalue weighted by Crippen LogP contribution is 2.23. The zero-order valence-electron chi connectivity index (χ0n) is 19.2. The van der Waals surface area contributed by atoms with Gasteiger partial charge in [0.1, 0.15) is 0 Å². The van der Waals surface area contributed by atoms with Crippen LogP contribution in [0.1, 0.15) is 115 Å². The van der Waals surface area contributed by atoms with Crippen LogP contribution in [0.5, 0.6) is 0 Å². The highest BCUT2D eigenvalue weighted by atomic mass is 19.4. The third-order valence-corrected chi connectivity index (χ3v) is 5.74. The van der Waals surface area contributed by atoms with Gasteiger partial charge in [-0.1, -0.05) is 96.1 Å². The molecule has 0 unspecified atom stereocenters. The van der Waals surface area contributed by atoms with E-state index in [4.69, 9.17) is 0 Å². The number of benzene rings is 1. The minimum atomic E-state index is -3.99. The molecule has 0 aliphatic heterocycles. The average molecular weight is 428 g/mol. The molecular formula is C26H44F3N. The van der Waals surface area contributed by atoms with Crippen LogP contribution < -0.4 is 5.32 Å². The van der Waals surface area contributed by atoms with E-state index in [2.05, 4.69) is 36.5 Å². The summed E-state index contributed by atoms with van der Waals surface area (Å²) in [5, 5.41) is 3.52. The lowest BCUT2D eigenvalue weighted by molar-refractivity contribution is -0.135. The summed E-state index contributed by atoms with van der Waals surface area (Å²) in [6.07, 6.45) is 13.7. The van der Waals surface area contributed by atoms with E-state index in [1.165, 1.54) is 62.6 Å².